The average Bonchev–Trinajstić information content (AvgIpc) is 2.13. The third-order valence-corrected chi connectivity index (χ3v) is 3.73. The second-order valence-electron chi connectivity index (χ2n) is 6.72. The Morgan fingerprint density at radius 3 is 2.56 bits per heavy atom. The van der Waals surface area contributed by atoms with Crippen LogP contribution in [-0.2, 0) is 0 Å². The SMILES string of the molecule is CC(C)CCC(C)(O)C1=CC(C)(C)CCC1. The van der Waals surface area contributed by atoms with Gasteiger partial charge < -0.3 is 5.11 Å². The van der Waals surface area contributed by atoms with Crippen LogP contribution < -0.4 is 0 Å². The van der Waals surface area contributed by atoms with Gasteiger partial charge in [0.05, 0.1) is 5.60 Å². The van der Waals surface area contributed by atoms with Gasteiger partial charge in [-0.3, -0.25) is 0 Å². The standard InChI is InChI=1S/C15H28O/c1-12(2)8-10-15(5,16)13-7-6-9-14(3,4)11-13/h11-12,16H,6-10H2,1-5H3. The molecule has 0 aliphatic heterocycles. The van der Waals surface area contributed by atoms with E-state index in [0.29, 0.717) is 5.92 Å². The fourth-order valence-corrected chi connectivity index (χ4v) is 2.51. The minimum atomic E-state index is -0.581. The van der Waals surface area contributed by atoms with Crippen LogP contribution in [-0.4, -0.2) is 10.7 Å². The highest BCUT2D eigenvalue weighted by Gasteiger charge is 2.30. The van der Waals surface area contributed by atoms with Crippen molar-refractivity contribution < 1.29 is 5.11 Å². The normalized spacial score (nSPS) is 24.1. The quantitative estimate of drug-likeness (QED) is 0.705. The zero-order valence-corrected chi connectivity index (χ0v) is 11.6. The summed E-state index contributed by atoms with van der Waals surface area (Å²) >= 11 is 0. The Morgan fingerprint density at radius 2 is 2.06 bits per heavy atom. The van der Waals surface area contributed by atoms with Gasteiger partial charge in [0.25, 0.3) is 0 Å². The van der Waals surface area contributed by atoms with Crippen LogP contribution in [0.2, 0.25) is 0 Å². The molecule has 16 heavy (non-hydrogen) atoms. The molecule has 0 aromatic rings. The fraction of sp³-hybridized carbons (Fsp3) is 0.867. The molecule has 0 bridgehead atoms. The van der Waals surface area contributed by atoms with E-state index in [1.807, 2.05) is 6.92 Å². The van der Waals surface area contributed by atoms with Gasteiger partial charge in [0, 0.05) is 0 Å². The minimum Gasteiger partial charge on any atom is -0.386 e. The lowest BCUT2D eigenvalue weighted by atomic mass is 9.74. The summed E-state index contributed by atoms with van der Waals surface area (Å²) in [5.74, 6) is 0.670. The minimum absolute atomic E-state index is 0.273. The van der Waals surface area contributed by atoms with Gasteiger partial charge in [-0.05, 0) is 55.9 Å². The van der Waals surface area contributed by atoms with E-state index >= 15 is 0 Å². The largest absolute Gasteiger partial charge is 0.386 e. The highest BCUT2D eigenvalue weighted by molar-refractivity contribution is 5.20. The van der Waals surface area contributed by atoms with Crippen molar-refractivity contribution in [3.8, 4) is 0 Å². The van der Waals surface area contributed by atoms with Crippen LogP contribution in [0.25, 0.3) is 0 Å². The van der Waals surface area contributed by atoms with Crippen molar-refractivity contribution in [3.05, 3.63) is 11.6 Å². The number of aliphatic hydroxyl groups is 1. The van der Waals surface area contributed by atoms with E-state index in [-0.39, 0.29) is 5.41 Å². The molecule has 1 nitrogen and oxygen atoms in total. The maximum Gasteiger partial charge on any atom is 0.0829 e. The lowest BCUT2D eigenvalue weighted by molar-refractivity contribution is 0.0744. The number of rotatable bonds is 4. The Hall–Kier alpha value is -0.300. The molecule has 0 radical (unpaired) electrons. The topological polar surface area (TPSA) is 20.2 Å². The first-order valence-corrected chi connectivity index (χ1v) is 6.67. The van der Waals surface area contributed by atoms with Gasteiger partial charge in [-0.2, -0.15) is 0 Å². The van der Waals surface area contributed by atoms with E-state index in [1.165, 1.54) is 18.4 Å². The molecular weight excluding hydrogens is 196 g/mol. The van der Waals surface area contributed by atoms with Crippen LogP contribution in [0.3, 0.4) is 0 Å². The van der Waals surface area contributed by atoms with Crippen LogP contribution >= 0.6 is 0 Å². The van der Waals surface area contributed by atoms with Gasteiger partial charge in [0.15, 0.2) is 0 Å². The van der Waals surface area contributed by atoms with E-state index < -0.39 is 5.60 Å². The van der Waals surface area contributed by atoms with Gasteiger partial charge in [-0.25, -0.2) is 0 Å². The molecule has 94 valence electrons. The van der Waals surface area contributed by atoms with E-state index in [9.17, 15) is 5.11 Å². The first-order chi connectivity index (χ1) is 7.23. The summed E-state index contributed by atoms with van der Waals surface area (Å²) in [5, 5.41) is 10.6. The van der Waals surface area contributed by atoms with E-state index in [1.54, 1.807) is 0 Å². The van der Waals surface area contributed by atoms with Crippen molar-refractivity contribution in [1.29, 1.82) is 0 Å². The van der Waals surface area contributed by atoms with Gasteiger partial charge in [0.2, 0.25) is 0 Å². The summed E-state index contributed by atoms with van der Waals surface area (Å²) in [6.07, 6.45) is 7.86. The van der Waals surface area contributed by atoms with Crippen LogP contribution in [0.15, 0.2) is 11.6 Å². The molecule has 0 aromatic heterocycles. The van der Waals surface area contributed by atoms with Crippen LogP contribution in [0, 0.1) is 11.3 Å². The molecule has 0 saturated heterocycles. The van der Waals surface area contributed by atoms with Crippen molar-refractivity contribution in [2.75, 3.05) is 0 Å². The van der Waals surface area contributed by atoms with Crippen molar-refractivity contribution in [2.24, 2.45) is 11.3 Å². The number of hydrogen-bond acceptors (Lipinski definition) is 1. The summed E-state index contributed by atoms with van der Waals surface area (Å²) in [6.45, 7) is 11.0. The maximum absolute atomic E-state index is 10.6. The Balaban J connectivity index is 2.71. The van der Waals surface area contributed by atoms with Crippen LogP contribution in [0.1, 0.15) is 66.7 Å². The molecule has 1 heteroatoms. The van der Waals surface area contributed by atoms with Gasteiger partial charge in [-0.15, -0.1) is 0 Å². The lowest BCUT2D eigenvalue weighted by Crippen LogP contribution is -2.31. The van der Waals surface area contributed by atoms with E-state index in [4.69, 9.17) is 0 Å². The highest BCUT2D eigenvalue weighted by atomic mass is 16.3. The maximum atomic E-state index is 10.6. The van der Waals surface area contributed by atoms with Gasteiger partial charge in [-0.1, -0.05) is 33.8 Å². The predicted octanol–water partition coefficient (Wildman–Crippen LogP) is 4.31. The molecule has 1 aliphatic rings. The molecule has 1 rings (SSSR count). The summed E-state index contributed by atoms with van der Waals surface area (Å²) in [4.78, 5) is 0. The van der Waals surface area contributed by atoms with Gasteiger partial charge >= 0.3 is 0 Å². The molecule has 0 fully saturated rings. The molecule has 0 amide bonds. The Bertz CT molecular complexity index is 259. The number of allylic oxidation sites excluding steroid dienone is 1. The molecular formula is C15H28O. The monoisotopic (exact) mass is 224 g/mol. The highest BCUT2D eigenvalue weighted by Crippen LogP contribution is 2.38. The molecule has 1 atom stereocenters. The Labute approximate surface area is 101 Å². The molecule has 0 heterocycles. The number of hydrogen-bond donors (Lipinski definition) is 1. The second kappa shape index (κ2) is 4.91. The smallest absolute Gasteiger partial charge is 0.0829 e. The zero-order chi connectivity index (χ0) is 12.4. The van der Waals surface area contributed by atoms with Gasteiger partial charge in [0.1, 0.15) is 0 Å². The first kappa shape index (κ1) is 13.8. The van der Waals surface area contributed by atoms with Crippen molar-refractivity contribution >= 4 is 0 Å². The molecule has 0 saturated carbocycles. The molecule has 0 spiro atoms. The fourth-order valence-electron chi connectivity index (χ4n) is 2.51. The van der Waals surface area contributed by atoms with Crippen LogP contribution in [0.5, 0.6) is 0 Å². The Morgan fingerprint density at radius 1 is 1.44 bits per heavy atom. The van der Waals surface area contributed by atoms with E-state index in [2.05, 4.69) is 33.8 Å². The molecule has 1 aliphatic carbocycles. The summed E-state index contributed by atoms with van der Waals surface area (Å²) < 4.78 is 0. The summed E-state index contributed by atoms with van der Waals surface area (Å²) in [5.41, 5.74) is 0.960. The third-order valence-electron chi connectivity index (χ3n) is 3.73. The first-order valence-electron chi connectivity index (χ1n) is 6.67. The second-order valence-corrected chi connectivity index (χ2v) is 6.72. The Kier molecular flexibility index (Phi) is 4.23. The predicted molar refractivity (Wildman–Crippen MR) is 70.4 cm³/mol. The van der Waals surface area contributed by atoms with Crippen molar-refractivity contribution in [2.45, 2.75) is 72.3 Å². The zero-order valence-electron chi connectivity index (χ0n) is 11.6. The molecule has 1 N–H and O–H groups in total. The average molecular weight is 224 g/mol. The van der Waals surface area contributed by atoms with E-state index in [0.717, 1.165) is 19.3 Å². The van der Waals surface area contributed by atoms with Crippen molar-refractivity contribution in [1.82, 2.24) is 0 Å². The third kappa shape index (κ3) is 3.93. The molecule has 0 aromatic carbocycles. The summed E-state index contributed by atoms with van der Waals surface area (Å²) in [6, 6.07) is 0. The van der Waals surface area contributed by atoms with Crippen LogP contribution in [0.4, 0.5) is 0 Å². The van der Waals surface area contributed by atoms with Crippen molar-refractivity contribution in [3.63, 3.8) is 0 Å². The summed E-state index contributed by atoms with van der Waals surface area (Å²) in [7, 11) is 0. The lowest BCUT2D eigenvalue weighted by Gasteiger charge is -2.35. The molecule has 1 unspecified atom stereocenters.